The van der Waals surface area contributed by atoms with Gasteiger partial charge in [0.15, 0.2) is 6.10 Å². The lowest BCUT2D eigenvalue weighted by Gasteiger charge is -2.15. The summed E-state index contributed by atoms with van der Waals surface area (Å²) in [7, 11) is 3.83. The van der Waals surface area contributed by atoms with Gasteiger partial charge in [0.05, 0.1) is 5.56 Å². The minimum absolute atomic E-state index is 0.201. The first kappa shape index (κ1) is 17.5. The summed E-state index contributed by atoms with van der Waals surface area (Å²) in [5, 5.41) is 2.65. The molecular formula is C18H19FN2O3. The predicted molar refractivity (Wildman–Crippen MR) is 90.7 cm³/mol. The number of amides is 1. The SMILES string of the molecule is C[C@@H](OC(=O)c1ccccc1F)C(=O)Nc1ccc(N(C)C)cc1. The molecule has 1 atom stereocenters. The van der Waals surface area contributed by atoms with Crippen molar-refractivity contribution in [3.05, 3.63) is 59.9 Å². The van der Waals surface area contributed by atoms with Crippen LogP contribution in [-0.2, 0) is 9.53 Å². The molecule has 0 spiro atoms. The van der Waals surface area contributed by atoms with Crippen LogP contribution in [0.1, 0.15) is 17.3 Å². The first-order valence-electron chi connectivity index (χ1n) is 7.42. The van der Waals surface area contributed by atoms with E-state index in [4.69, 9.17) is 4.74 Å². The van der Waals surface area contributed by atoms with Gasteiger partial charge in [-0.2, -0.15) is 0 Å². The molecule has 0 aliphatic heterocycles. The maximum Gasteiger partial charge on any atom is 0.341 e. The van der Waals surface area contributed by atoms with Crippen molar-refractivity contribution in [3.63, 3.8) is 0 Å². The van der Waals surface area contributed by atoms with E-state index in [1.807, 2.05) is 31.1 Å². The number of hydrogen-bond acceptors (Lipinski definition) is 4. The number of anilines is 2. The number of nitrogens with one attached hydrogen (secondary N) is 1. The number of hydrogen-bond donors (Lipinski definition) is 1. The van der Waals surface area contributed by atoms with Crippen LogP contribution in [0.2, 0.25) is 0 Å². The topological polar surface area (TPSA) is 58.6 Å². The summed E-state index contributed by atoms with van der Waals surface area (Å²) in [5.41, 5.74) is 1.37. The van der Waals surface area contributed by atoms with Gasteiger partial charge in [0, 0.05) is 25.5 Å². The molecule has 0 saturated heterocycles. The minimum atomic E-state index is -1.05. The van der Waals surface area contributed by atoms with Crippen molar-refractivity contribution in [2.75, 3.05) is 24.3 Å². The van der Waals surface area contributed by atoms with Crippen LogP contribution in [0.25, 0.3) is 0 Å². The Balaban J connectivity index is 1.97. The molecule has 0 heterocycles. The van der Waals surface area contributed by atoms with Crippen LogP contribution in [0.15, 0.2) is 48.5 Å². The Kier molecular flexibility index (Phi) is 5.52. The average Bonchev–Trinajstić information content (AvgIpc) is 2.55. The highest BCUT2D eigenvalue weighted by Gasteiger charge is 2.20. The van der Waals surface area contributed by atoms with E-state index in [1.165, 1.54) is 25.1 Å². The van der Waals surface area contributed by atoms with Crippen LogP contribution >= 0.6 is 0 Å². The van der Waals surface area contributed by atoms with E-state index in [9.17, 15) is 14.0 Å². The van der Waals surface area contributed by atoms with E-state index in [2.05, 4.69) is 5.32 Å². The lowest BCUT2D eigenvalue weighted by molar-refractivity contribution is -0.123. The second-order valence-electron chi connectivity index (χ2n) is 5.46. The Morgan fingerprint density at radius 3 is 2.29 bits per heavy atom. The molecule has 0 aliphatic rings. The highest BCUT2D eigenvalue weighted by molar-refractivity contribution is 5.97. The van der Waals surface area contributed by atoms with Crippen molar-refractivity contribution in [2.45, 2.75) is 13.0 Å². The number of benzene rings is 2. The molecule has 0 bridgehead atoms. The molecule has 126 valence electrons. The van der Waals surface area contributed by atoms with Crippen LogP contribution in [0.3, 0.4) is 0 Å². The second kappa shape index (κ2) is 7.59. The third-order valence-corrected chi connectivity index (χ3v) is 3.40. The van der Waals surface area contributed by atoms with Crippen LogP contribution in [-0.4, -0.2) is 32.1 Å². The van der Waals surface area contributed by atoms with Crippen molar-refractivity contribution in [3.8, 4) is 0 Å². The lowest BCUT2D eigenvalue weighted by atomic mass is 10.2. The number of esters is 1. The molecule has 2 aromatic rings. The third-order valence-electron chi connectivity index (χ3n) is 3.40. The molecule has 6 heteroatoms. The summed E-state index contributed by atoms with van der Waals surface area (Å²) in [6, 6.07) is 12.7. The van der Waals surface area contributed by atoms with Crippen molar-refractivity contribution in [1.82, 2.24) is 0 Å². The molecule has 2 rings (SSSR count). The smallest absolute Gasteiger partial charge is 0.341 e. The lowest BCUT2D eigenvalue weighted by Crippen LogP contribution is -2.30. The molecule has 0 saturated carbocycles. The van der Waals surface area contributed by atoms with E-state index >= 15 is 0 Å². The fraction of sp³-hybridized carbons (Fsp3) is 0.222. The standard InChI is InChI=1S/C18H19FN2O3/c1-12(24-18(23)15-6-4-5-7-16(15)19)17(22)20-13-8-10-14(11-9-13)21(2)3/h4-12H,1-3H3,(H,20,22)/t12-/m1/s1. The first-order valence-corrected chi connectivity index (χ1v) is 7.42. The molecule has 0 fully saturated rings. The molecule has 5 nitrogen and oxygen atoms in total. The van der Waals surface area contributed by atoms with Gasteiger partial charge in [-0.05, 0) is 43.3 Å². The highest BCUT2D eigenvalue weighted by Crippen LogP contribution is 2.16. The number of nitrogens with zero attached hydrogens (tertiary/aromatic N) is 1. The van der Waals surface area contributed by atoms with Gasteiger partial charge < -0.3 is 15.0 Å². The third kappa shape index (κ3) is 4.32. The number of ether oxygens (including phenoxy) is 1. The number of carbonyl (C=O) groups excluding carboxylic acids is 2. The average molecular weight is 330 g/mol. The molecule has 24 heavy (non-hydrogen) atoms. The van der Waals surface area contributed by atoms with E-state index in [0.717, 1.165) is 11.8 Å². The summed E-state index contributed by atoms with van der Waals surface area (Å²) >= 11 is 0. The Hall–Kier alpha value is -2.89. The van der Waals surface area contributed by atoms with E-state index < -0.39 is 23.8 Å². The zero-order valence-electron chi connectivity index (χ0n) is 13.7. The normalized spacial score (nSPS) is 11.5. The zero-order chi connectivity index (χ0) is 17.7. The molecule has 1 N–H and O–H groups in total. The molecule has 2 aromatic carbocycles. The van der Waals surface area contributed by atoms with Crippen LogP contribution in [0.4, 0.5) is 15.8 Å². The summed E-state index contributed by atoms with van der Waals surface area (Å²) in [6.07, 6.45) is -1.05. The maximum atomic E-state index is 13.5. The Labute approximate surface area is 140 Å². The quantitative estimate of drug-likeness (QED) is 0.856. The molecular weight excluding hydrogens is 311 g/mol. The summed E-state index contributed by atoms with van der Waals surface area (Å²) < 4.78 is 18.6. The van der Waals surface area contributed by atoms with Crippen molar-refractivity contribution in [1.29, 1.82) is 0 Å². The Morgan fingerprint density at radius 1 is 1.08 bits per heavy atom. The second-order valence-corrected chi connectivity index (χ2v) is 5.46. The summed E-state index contributed by atoms with van der Waals surface area (Å²) in [4.78, 5) is 25.9. The summed E-state index contributed by atoms with van der Waals surface area (Å²) in [5.74, 6) is -2.05. The van der Waals surface area contributed by atoms with Crippen LogP contribution < -0.4 is 10.2 Å². The number of carbonyl (C=O) groups is 2. The van der Waals surface area contributed by atoms with Crippen molar-refractivity contribution < 1.29 is 18.7 Å². The first-order chi connectivity index (χ1) is 11.4. The highest BCUT2D eigenvalue weighted by atomic mass is 19.1. The number of rotatable bonds is 5. The van der Waals surface area contributed by atoms with Crippen LogP contribution in [0, 0.1) is 5.82 Å². The van der Waals surface area contributed by atoms with Crippen molar-refractivity contribution in [2.24, 2.45) is 0 Å². The van der Waals surface area contributed by atoms with Crippen molar-refractivity contribution >= 4 is 23.3 Å². The fourth-order valence-electron chi connectivity index (χ4n) is 1.99. The fourth-order valence-corrected chi connectivity index (χ4v) is 1.99. The van der Waals surface area contributed by atoms with Gasteiger partial charge in [-0.1, -0.05) is 12.1 Å². The van der Waals surface area contributed by atoms with Gasteiger partial charge in [0.25, 0.3) is 5.91 Å². The van der Waals surface area contributed by atoms with E-state index in [0.29, 0.717) is 5.69 Å². The number of halogens is 1. The molecule has 0 radical (unpaired) electrons. The maximum absolute atomic E-state index is 13.5. The monoisotopic (exact) mass is 330 g/mol. The van der Waals surface area contributed by atoms with E-state index in [1.54, 1.807) is 12.1 Å². The summed E-state index contributed by atoms with van der Waals surface area (Å²) in [6.45, 7) is 1.43. The molecule has 0 unspecified atom stereocenters. The van der Waals surface area contributed by atoms with Gasteiger partial charge in [-0.15, -0.1) is 0 Å². The van der Waals surface area contributed by atoms with Gasteiger partial charge in [-0.3, -0.25) is 4.79 Å². The van der Waals surface area contributed by atoms with Gasteiger partial charge in [0.2, 0.25) is 0 Å². The Bertz CT molecular complexity index is 729. The van der Waals surface area contributed by atoms with Crippen LogP contribution in [0.5, 0.6) is 0 Å². The zero-order valence-corrected chi connectivity index (χ0v) is 13.7. The van der Waals surface area contributed by atoms with Gasteiger partial charge in [0.1, 0.15) is 5.82 Å². The van der Waals surface area contributed by atoms with Gasteiger partial charge >= 0.3 is 5.97 Å². The minimum Gasteiger partial charge on any atom is -0.449 e. The Morgan fingerprint density at radius 2 is 1.71 bits per heavy atom. The molecule has 0 aliphatic carbocycles. The van der Waals surface area contributed by atoms with Gasteiger partial charge in [-0.25, -0.2) is 9.18 Å². The predicted octanol–water partition coefficient (Wildman–Crippen LogP) is 3.08. The van der Waals surface area contributed by atoms with E-state index in [-0.39, 0.29) is 5.56 Å². The molecule has 0 aromatic heterocycles. The largest absolute Gasteiger partial charge is 0.449 e. The molecule has 1 amide bonds.